The highest BCUT2D eigenvalue weighted by atomic mass is 19.1. The van der Waals surface area contributed by atoms with Gasteiger partial charge in [0, 0.05) is 30.9 Å². The van der Waals surface area contributed by atoms with Gasteiger partial charge in [0.05, 0.1) is 6.10 Å². The molecule has 0 saturated carbocycles. The van der Waals surface area contributed by atoms with Crippen LogP contribution in [0.4, 0.5) is 15.8 Å². The molecule has 5 heteroatoms. The summed E-state index contributed by atoms with van der Waals surface area (Å²) in [4.78, 5) is 14.8. The van der Waals surface area contributed by atoms with E-state index in [1.165, 1.54) is 0 Å². The van der Waals surface area contributed by atoms with Gasteiger partial charge in [0.2, 0.25) is 5.91 Å². The molecule has 0 fully saturated rings. The number of nitrogens with one attached hydrogen (secondary N) is 1. The van der Waals surface area contributed by atoms with Gasteiger partial charge in [0.25, 0.3) is 0 Å². The average Bonchev–Trinajstić information content (AvgIpc) is 2.91. The summed E-state index contributed by atoms with van der Waals surface area (Å²) in [6.07, 6.45) is 3.21. The van der Waals surface area contributed by atoms with Gasteiger partial charge >= 0.3 is 0 Å². The molecule has 1 aliphatic rings. The summed E-state index contributed by atoms with van der Waals surface area (Å²) in [6.45, 7) is 15.8. The molecule has 0 aromatic heterocycles. The van der Waals surface area contributed by atoms with Crippen molar-refractivity contribution in [1.82, 2.24) is 0 Å². The quantitative estimate of drug-likeness (QED) is 0.514. The van der Waals surface area contributed by atoms with E-state index in [0.29, 0.717) is 18.7 Å². The number of fused-ring (bicyclic) bond motifs is 1. The molecular weight excluding hydrogens is 415 g/mol. The molecule has 2 aromatic carbocycles. The fraction of sp³-hybridized carbons (Fsp3) is 0.536. The highest BCUT2D eigenvalue weighted by Gasteiger charge is 2.21. The molecule has 0 radical (unpaired) electrons. The Morgan fingerprint density at radius 2 is 1.82 bits per heavy atom. The summed E-state index contributed by atoms with van der Waals surface area (Å²) >= 11 is 0. The summed E-state index contributed by atoms with van der Waals surface area (Å²) in [5, 5.41) is 3.11. The lowest BCUT2D eigenvalue weighted by Gasteiger charge is -2.26. The summed E-state index contributed by atoms with van der Waals surface area (Å²) in [5.74, 6) is 0.106. The van der Waals surface area contributed by atoms with Crippen LogP contribution in [-0.2, 0) is 17.8 Å². The Hall–Kier alpha value is -2.56. The molecule has 1 N–H and O–H groups in total. The first kappa shape index (κ1) is 25.1. The molecule has 0 spiro atoms. The zero-order chi connectivity index (χ0) is 24.3. The Morgan fingerprint density at radius 1 is 1.15 bits per heavy atom. The lowest BCUT2D eigenvalue weighted by Crippen LogP contribution is -2.24. The highest BCUT2D eigenvalue weighted by molar-refractivity contribution is 5.93. The van der Waals surface area contributed by atoms with Crippen LogP contribution in [0.2, 0.25) is 0 Å². The predicted octanol–water partition coefficient (Wildman–Crippen LogP) is 6.95. The summed E-state index contributed by atoms with van der Waals surface area (Å²) in [5.41, 5.74) is 6.20. The van der Waals surface area contributed by atoms with Crippen LogP contribution in [0.3, 0.4) is 0 Å². The maximum Gasteiger partial charge on any atom is 0.224 e. The van der Waals surface area contributed by atoms with Crippen molar-refractivity contribution in [3.63, 3.8) is 0 Å². The summed E-state index contributed by atoms with van der Waals surface area (Å²) in [6, 6.07) is 7.79. The maximum atomic E-state index is 14.8. The van der Waals surface area contributed by atoms with E-state index in [1.54, 1.807) is 6.07 Å². The molecule has 2 aromatic rings. The smallest absolute Gasteiger partial charge is 0.224 e. The van der Waals surface area contributed by atoms with Gasteiger partial charge in [-0.2, -0.15) is 0 Å². The second-order valence-electron chi connectivity index (χ2n) is 10.7. The monoisotopic (exact) mass is 454 g/mol. The number of carbonyl (C=O) groups excluding carboxylic acids is 1. The van der Waals surface area contributed by atoms with Crippen molar-refractivity contribution in [1.29, 1.82) is 0 Å². The van der Waals surface area contributed by atoms with Gasteiger partial charge in [-0.05, 0) is 92.0 Å². The highest BCUT2D eigenvalue weighted by Crippen LogP contribution is 2.33. The number of aryl methyl sites for hydroxylation is 3. The molecule has 0 unspecified atom stereocenters. The van der Waals surface area contributed by atoms with Gasteiger partial charge in [-0.15, -0.1) is 0 Å². The standard InChI is InChI=1S/C28H39FN2O2/c1-8-20(4)33-25-15-21-10-9-11-31(17-22(21)14-24(25)29)23-12-18(2)27(19(3)13-23)30-26(32)16-28(5,6)7/h12-15,20H,8-11,16-17H2,1-7H3,(H,30,32)/t20-/m1/s1. The van der Waals surface area contributed by atoms with Crippen molar-refractivity contribution >= 4 is 17.3 Å². The Labute approximate surface area is 198 Å². The van der Waals surface area contributed by atoms with Gasteiger partial charge in [-0.1, -0.05) is 27.7 Å². The van der Waals surface area contributed by atoms with Crippen LogP contribution in [0.25, 0.3) is 0 Å². The van der Waals surface area contributed by atoms with Crippen molar-refractivity contribution in [2.45, 2.75) is 86.8 Å². The SMILES string of the molecule is CC[C@@H](C)Oc1cc2c(cc1F)CN(c1cc(C)c(NC(=O)CC(C)(C)C)c(C)c1)CCC2. The third-order valence-corrected chi connectivity index (χ3v) is 6.23. The third-order valence-electron chi connectivity index (χ3n) is 6.23. The van der Waals surface area contributed by atoms with Gasteiger partial charge in [-0.3, -0.25) is 4.79 Å². The minimum atomic E-state index is -0.292. The Balaban J connectivity index is 1.82. The van der Waals surface area contributed by atoms with Crippen LogP contribution >= 0.6 is 0 Å². The first-order chi connectivity index (χ1) is 15.5. The van der Waals surface area contributed by atoms with Crippen LogP contribution in [0.15, 0.2) is 24.3 Å². The lowest BCUT2D eigenvalue weighted by atomic mass is 9.92. The number of hydrogen-bond acceptors (Lipinski definition) is 3. The number of carbonyl (C=O) groups is 1. The van der Waals surface area contributed by atoms with Crippen molar-refractivity contribution in [2.24, 2.45) is 5.41 Å². The normalized spacial score (nSPS) is 15.0. The van der Waals surface area contributed by atoms with E-state index in [2.05, 4.69) is 43.1 Å². The number of ether oxygens (including phenoxy) is 1. The zero-order valence-electron chi connectivity index (χ0n) is 21.3. The van der Waals surface area contributed by atoms with E-state index in [1.807, 2.05) is 33.8 Å². The van der Waals surface area contributed by atoms with Crippen molar-refractivity contribution < 1.29 is 13.9 Å². The fourth-order valence-corrected chi connectivity index (χ4v) is 4.36. The van der Waals surface area contributed by atoms with E-state index in [9.17, 15) is 9.18 Å². The number of anilines is 2. The molecule has 0 bridgehead atoms. The first-order valence-corrected chi connectivity index (χ1v) is 12.1. The van der Waals surface area contributed by atoms with Gasteiger partial charge < -0.3 is 15.0 Å². The average molecular weight is 455 g/mol. The number of halogens is 1. The summed E-state index contributed by atoms with van der Waals surface area (Å²) < 4.78 is 20.6. The molecule has 33 heavy (non-hydrogen) atoms. The lowest BCUT2D eigenvalue weighted by molar-refractivity contribution is -0.117. The third kappa shape index (κ3) is 6.49. The zero-order valence-corrected chi connectivity index (χ0v) is 21.3. The molecule has 0 saturated heterocycles. The molecule has 1 aliphatic heterocycles. The molecule has 1 heterocycles. The van der Waals surface area contributed by atoms with Crippen molar-refractivity contribution in [3.8, 4) is 5.75 Å². The van der Waals surface area contributed by atoms with E-state index in [-0.39, 0.29) is 23.2 Å². The van der Waals surface area contributed by atoms with Crippen molar-refractivity contribution in [3.05, 3.63) is 52.3 Å². The van der Waals surface area contributed by atoms with E-state index >= 15 is 0 Å². The van der Waals surface area contributed by atoms with Crippen LogP contribution in [0.5, 0.6) is 5.75 Å². The topological polar surface area (TPSA) is 41.6 Å². The molecule has 3 rings (SSSR count). The fourth-order valence-electron chi connectivity index (χ4n) is 4.36. The Morgan fingerprint density at radius 3 is 2.42 bits per heavy atom. The molecule has 180 valence electrons. The van der Waals surface area contributed by atoms with Crippen LogP contribution < -0.4 is 15.0 Å². The van der Waals surface area contributed by atoms with E-state index < -0.39 is 0 Å². The number of nitrogens with zero attached hydrogens (tertiary/aromatic N) is 1. The van der Waals surface area contributed by atoms with Crippen LogP contribution in [0.1, 0.15) is 76.1 Å². The van der Waals surface area contributed by atoms with Crippen molar-refractivity contribution in [2.75, 3.05) is 16.8 Å². The second-order valence-corrected chi connectivity index (χ2v) is 10.7. The number of rotatable bonds is 6. The number of amides is 1. The van der Waals surface area contributed by atoms with E-state index in [0.717, 1.165) is 59.4 Å². The van der Waals surface area contributed by atoms with Gasteiger partial charge in [-0.25, -0.2) is 4.39 Å². The molecular formula is C28H39FN2O2. The molecule has 1 atom stereocenters. The minimum absolute atomic E-state index is 0.00631. The maximum absolute atomic E-state index is 14.8. The van der Waals surface area contributed by atoms with Crippen LogP contribution in [0, 0.1) is 25.1 Å². The minimum Gasteiger partial charge on any atom is -0.488 e. The van der Waals surface area contributed by atoms with Crippen LogP contribution in [-0.4, -0.2) is 18.6 Å². The predicted molar refractivity (Wildman–Crippen MR) is 135 cm³/mol. The molecule has 0 aliphatic carbocycles. The Kier molecular flexibility index (Phi) is 7.71. The number of hydrogen-bond donors (Lipinski definition) is 1. The van der Waals surface area contributed by atoms with Gasteiger partial charge in [0.1, 0.15) is 0 Å². The summed E-state index contributed by atoms with van der Waals surface area (Å²) in [7, 11) is 0. The van der Waals surface area contributed by atoms with Gasteiger partial charge in [0.15, 0.2) is 11.6 Å². The molecule has 4 nitrogen and oxygen atoms in total. The largest absolute Gasteiger partial charge is 0.488 e. The molecule has 1 amide bonds. The van der Waals surface area contributed by atoms with E-state index in [4.69, 9.17) is 4.74 Å². The Bertz CT molecular complexity index is 987. The first-order valence-electron chi connectivity index (χ1n) is 12.1. The number of benzene rings is 2. The second kappa shape index (κ2) is 10.1.